The Kier molecular flexibility index (Phi) is 4.68. The summed E-state index contributed by atoms with van der Waals surface area (Å²) in [5.41, 5.74) is 6.34. The standard InChI is InChI=1S/C15H22N2O3S/c1-21(19,20)13-6-4-12(5-7-13)14(18)17-11-15(10-16)8-2-3-9-15/h4-7H,2-3,8-11,16H2,1H3,(H,17,18). The van der Waals surface area contributed by atoms with Crippen molar-refractivity contribution in [3.8, 4) is 0 Å². The van der Waals surface area contributed by atoms with Crippen molar-refractivity contribution in [3.05, 3.63) is 29.8 Å². The number of nitrogens with one attached hydrogen (secondary N) is 1. The molecule has 1 aromatic rings. The van der Waals surface area contributed by atoms with Crippen LogP contribution in [0.2, 0.25) is 0 Å². The predicted octanol–water partition coefficient (Wildman–Crippen LogP) is 1.34. The topological polar surface area (TPSA) is 89.3 Å². The fourth-order valence-electron chi connectivity index (χ4n) is 2.80. The van der Waals surface area contributed by atoms with Gasteiger partial charge in [0.05, 0.1) is 4.90 Å². The van der Waals surface area contributed by atoms with Crippen molar-refractivity contribution in [1.29, 1.82) is 0 Å². The second-order valence-corrected chi connectivity index (χ2v) is 7.91. The number of hydrogen-bond acceptors (Lipinski definition) is 4. The van der Waals surface area contributed by atoms with Crippen molar-refractivity contribution >= 4 is 15.7 Å². The van der Waals surface area contributed by atoms with E-state index >= 15 is 0 Å². The third-order valence-corrected chi connectivity index (χ3v) is 5.39. The maximum absolute atomic E-state index is 12.1. The first-order chi connectivity index (χ1) is 9.86. The summed E-state index contributed by atoms with van der Waals surface area (Å²) >= 11 is 0. The summed E-state index contributed by atoms with van der Waals surface area (Å²) in [6.07, 6.45) is 5.58. The molecule has 6 heteroatoms. The minimum absolute atomic E-state index is 0.0301. The van der Waals surface area contributed by atoms with Crippen molar-refractivity contribution in [2.75, 3.05) is 19.3 Å². The van der Waals surface area contributed by atoms with Crippen molar-refractivity contribution in [1.82, 2.24) is 5.32 Å². The summed E-state index contributed by atoms with van der Waals surface area (Å²) in [7, 11) is -3.23. The number of sulfone groups is 1. The van der Waals surface area contributed by atoms with Crippen LogP contribution in [-0.2, 0) is 9.84 Å². The van der Waals surface area contributed by atoms with E-state index in [2.05, 4.69) is 5.32 Å². The number of rotatable bonds is 5. The molecule has 1 fully saturated rings. The van der Waals surface area contributed by atoms with Crippen LogP contribution in [0, 0.1) is 5.41 Å². The number of carbonyl (C=O) groups excluding carboxylic acids is 1. The number of amides is 1. The van der Waals surface area contributed by atoms with Gasteiger partial charge in [0.1, 0.15) is 0 Å². The van der Waals surface area contributed by atoms with Gasteiger partial charge in [-0.25, -0.2) is 8.42 Å². The van der Waals surface area contributed by atoms with Crippen LogP contribution in [0.4, 0.5) is 0 Å². The smallest absolute Gasteiger partial charge is 0.251 e. The minimum Gasteiger partial charge on any atom is -0.351 e. The van der Waals surface area contributed by atoms with Gasteiger partial charge < -0.3 is 11.1 Å². The molecule has 0 bridgehead atoms. The third-order valence-electron chi connectivity index (χ3n) is 4.27. The monoisotopic (exact) mass is 310 g/mol. The molecule has 0 saturated heterocycles. The van der Waals surface area contributed by atoms with Gasteiger partial charge in [-0.15, -0.1) is 0 Å². The highest BCUT2D eigenvalue weighted by molar-refractivity contribution is 7.90. The van der Waals surface area contributed by atoms with Crippen molar-refractivity contribution in [2.45, 2.75) is 30.6 Å². The van der Waals surface area contributed by atoms with Gasteiger partial charge in [0.2, 0.25) is 0 Å². The molecule has 1 saturated carbocycles. The molecule has 1 aliphatic rings. The summed E-state index contributed by atoms with van der Waals surface area (Å²) < 4.78 is 22.8. The Labute approximate surface area is 125 Å². The molecule has 0 atom stereocenters. The van der Waals surface area contributed by atoms with Crippen LogP contribution in [0.25, 0.3) is 0 Å². The molecule has 0 radical (unpaired) electrons. The lowest BCUT2D eigenvalue weighted by Gasteiger charge is -2.27. The number of carbonyl (C=O) groups is 1. The average molecular weight is 310 g/mol. The first-order valence-electron chi connectivity index (χ1n) is 7.15. The minimum atomic E-state index is -3.23. The van der Waals surface area contributed by atoms with E-state index in [1.807, 2.05) is 0 Å². The largest absolute Gasteiger partial charge is 0.351 e. The van der Waals surface area contributed by atoms with Gasteiger partial charge in [0.25, 0.3) is 5.91 Å². The SMILES string of the molecule is CS(=O)(=O)c1ccc(C(=O)NCC2(CN)CCCC2)cc1. The predicted molar refractivity (Wildman–Crippen MR) is 81.8 cm³/mol. The zero-order valence-electron chi connectivity index (χ0n) is 12.3. The van der Waals surface area contributed by atoms with Gasteiger partial charge in [-0.3, -0.25) is 4.79 Å². The highest BCUT2D eigenvalue weighted by Crippen LogP contribution is 2.36. The number of hydrogen-bond donors (Lipinski definition) is 2. The average Bonchev–Trinajstić information content (AvgIpc) is 2.93. The molecule has 1 aromatic carbocycles. The van der Waals surface area contributed by atoms with Gasteiger partial charge in [-0.1, -0.05) is 12.8 Å². The molecule has 0 aromatic heterocycles. The van der Waals surface area contributed by atoms with Gasteiger partial charge in [-0.05, 0) is 49.1 Å². The van der Waals surface area contributed by atoms with Crippen LogP contribution in [-0.4, -0.2) is 33.7 Å². The lowest BCUT2D eigenvalue weighted by atomic mass is 9.86. The summed E-state index contributed by atoms with van der Waals surface area (Å²) in [6.45, 7) is 1.16. The van der Waals surface area contributed by atoms with Crippen molar-refractivity contribution < 1.29 is 13.2 Å². The molecule has 1 aliphatic carbocycles. The van der Waals surface area contributed by atoms with Gasteiger partial charge >= 0.3 is 0 Å². The van der Waals surface area contributed by atoms with Crippen molar-refractivity contribution in [2.24, 2.45) is 11.1 Å². The van der Waals surface area contributed by atoms with E-state index in [-0.39, 0.29) is 16.2 Å². The maximum atomic E-state index is 12.1. The third kappa shape index (κ3) is 3.83. The van der Waals surface area contributed by atoms with E-state index in [4.69, 9.17) is 5.73 Å². The fraction of sp³-hybridized carbons (Fsp3) is 0.533. The summed E-state index contributed by atoms with van der Waals surface area (Å²) in [4.78, 5) is 12.3. The van der Waals surface area contributed by atoms with Gasteiger partial charge in [0.15, 0.2) is 9.84 Å². The lowest BCUT2D eigenvalue weighted by molar-refractivity contribution is 0.0932. The molecule has 5 nitrogen and oxygen atoms in total. The van der Waals surface area contributed by atoms with Crippen LogP contribution >= 0.6 is 0 Å². The Bertz CT molecular complexity index is 602. The molecule has 21 heavy (non-hydrogen) atoms. The van der Waals surface area contributed by atoms with E-state index in [1.54, 1.807) is 0 Å². The molecule has 3 N–H and O–H groups in total. The molecule has 0 spiro atoms. The Morgan fingerprint density at radius 2 is 1.81 bits per heavy atom. The van der Waals surface area contributed by atoms with Gasteiger partial charge in [0, 0.05) is 18.4 Å². The van der Waals surface area contributed by atoms with Crippen molar-refractivity contribution in [3.63, 3.8) is 0 Å². The molecular weight excluding hydrogens is 288 g/mol. The molecule has 2 rings (SSSR count). The first kappa shape index (κ1) is 16.0. The van der Waals surface area contributed by atoms with Crippen LogP contribution in [0.3, 0.4) is 0 Å². The zero-order valence-corrected chi connectivity index (χ0v) is 13.1. The Hall–Kier alpha value is -1.40. The van der Waals surface area contributed by atoms with E-state index < -0.39 is 9.84 Å². The molecule has 0 unspecified atom stereocenters. The van der Waals surface area contributed by atoms with Gasteiger partial charge in [-0.2, -0.15) is 0 Å². The van der Waals surface area contributed by atoms with Crippen LogP contribution in [0.1, 0.15) is 36.0 Å². The molecule has 0 heterocycles. The van der Waals surface area contributed by atoms with Crippen LogP contribution < -0.4 is 11.1 Å². The maximum Gasteiger partial charge on any atom is 0.251 e. The zero-order chi connectivity index (χ0) is 15.5. The second kappa shape index (κ2) is 6.15. The first-order valence-corrected chi connectivity index (χ1v) is 9.04. The van der Waals surface area contributed by atoms with E-state index in [9.17, 15) is 13.2 Å². The lowest BCUT2D eigenvalue weighted by Crippen LogP contribution is -2.40. The highest BCUT2D eigenvalue weighted by atomic mass is 32.2. The Morgan fingerprint density at radius 1 is 1.24 bits per heavy atom. The Balaban J connectivity index is 2.00. The van der Waals surface area contributed by atoms with E-state index in [0.29, 0.717) is 18.7 Å². The number of nitrogens with two attached hydrogens (primary N) is 1. The molecular formula is C15H22N2O3S. The fourth-order valence-corrected chi connectivity index (χ4v) is 3.43. The van der Waals surface area contributed by atoms with Crippen LogP contribution in [0.15, 0.2) is 29.2 Å². The summed E-state index contributed by atoms with van der Waals surface area (Å²) in [6, 6.07) is 5.99. The summed E-state index contributed by atoms with van der Waals surface area (Å²) in [5.74, 6) is -0.185. The quantitative estimate of drug-likeness (QED) is 0.859. The second-order valence-electron chi connectivity index (χ2n) is 5.89. The Morgan fingerprint density at radius 3 is 2.29 bits per heavy atom. The number of benzene rings is 1. The van der Waals surface area contributed by atoms with E-state index in [0.717, 1.165) is 31.9 Å². The molecule has 116 valence electrons. The highest BCUT2D eigenvalue weighted by Gasteiger charge is 2.32. The summed E-state index contributed by atoms with van der Waals surface area (Å²) in [5, 5.41) is 2.92. The van der Waals surface area contributed by atoms with E-state index in [1.165, 1.54) is 24.3 Å². The van der Waals surface area contributed by atoms with Crippen LogP contribution in [0.5, 0.6) is 0 Å². The molecule has 0 aliphatic heterocycles. The normalized spacial score (nSPS) is 17.6. The molecule has 1 amide bonds.